The van der Waals surface area contributed by atoms with Gasteiger partial charge in [0, 0.05) is 5.57 Å². The molecule has 0 bridgehead atoms. The second-order valence-electron chi connectivity index (χ2n) is 2.54. The maximum Gasteiger partial charge on any atom is 0.338 e. The molecule has 0 aromatic heterocycles. The van der Waals surface area contributed by atoms with Crippen LogP contribution in [0.5, 0.6) is 0 Å². The Labute approximate surface area is 73.9 Å². The smallest absolute Gasteiger partial charge is 0.338 e. The summed E-state index contributed by atoms with van der Waals surface area (Å²) in [5.41, 5.74) is 0.635. The third-order valence-electron chi connectivity index (χ3n) is 1.48. The third-order valence-corrected chi connectivity index (χ3v) is 1.48. The van der Waals surface area contributed by atoms with E-state index >= 15 is 0 Å². The van der Waals surface area contributed by atoms with E-state index in [-0.39, 0.29) is 5.97 Å². The summed E-state index contributed by atoms with van der Waals surface area (Å²) in [4.78, 5) is 11.0. The van der Waals surface area contributed by atoms with Crippen LogP contribution in [0.25, 0.3) is 0 Å². The standard InChI is InChI=1S/C10H16O2/c1-4-6-7-8-12-10(11)9(3)5-2/h5,7-8H,4,6H2,1-3H3/b8-7+,9-5+. The van der Waals surface area contributed by atoms with Gasteiger partial charge >= 0.3 is 5.97 Å². The van der Waals surface area contributed by atoms with Crippen LogP contribution < -0.4 is 0 Å². The number of allylic oxidation sites excluding steroid dienone is 2. The van der Waals surface area contributed by atoms with Gasteiger partial charge in [0.15, 0.2) is 0 Å². The SMILES string of the molecule is C/C=C(\C)C(=O)O/C=C/CCC. The molecule has 0 unspecified atom stereocenters. The average molecular weight is 168 g/mol. The molecule has 0 radical (unpaired) electrons. The zero-order chi connectivity index (χ0) is 9.40. The Bertz CT molecular complexity index is 190. The number of carbonyl (C=O) groups excluding carboxylic acids is 1. The van der Waals surface area contributed by atoms with E-state index in [1.807, 2.05) is 13.0 Å². The second-order valence-corrected chi connectivity index (χ2v) is 2.54. The van der Waals surface area contributed by atoms with Crippen molar-refractivity contribution in [3.05, 3.63) is 24.0 Å². The number of esters is 1. The summed E-state index contributed by atoms with van der Waals surface area (Å²) >= 11 is 0. The molecule has 0 aliphatic heterocycles. The van der Waals surface area contributed by atoms with Crippen LogP contribution in [0.4, 0.5) is 0 Å². The molecule has 12 heavy (non-hydrogen) atoms. The van der Waals surface area contributed by atoms with Gasteiger partial charge in [-0.05, 0) is 26.3 Å². The van der Waals surface area contributed by atoms with Crippen molar-refractivity contribution in [2.45, 2.75) is 33.6 Å². The van der Waals surface area contributed by atoms with Gasteiger partial charge in [0.1, 0.15) is 0 Å². The van der Waals surface area contributed by atoms with Gasteiger partial charge in [0.2, 0.25) is 0 Å². The zero-order valence-corrected chi connectivity index (χ0v) is 7.96. The predicted octanol–water partition coefficient (Wildman–Crippen LogP) is 2.81. The fourth-order valence-electron chi connectivity index (χ4n) is 0.555. The molecule has 0 aromatic carbocycles. The maximum atomic E-state index is 11.0. The topological polar surface area (TPSA) is 26.3 Å². The van der Waals surface area contributed by atoms with E-state index in [9.17, 15) is 4.79 Å². The molecule has 0 aromatic rings. The van der Waals surface area contributed by atoms with E-state index in [0.29, 0.717) is 5.57 Å². The summed E-state index contributed by atoms with van der Waals surface area (Å²) in [5.74, 6) is -0.273. The molecule has 0 fully saturated rings. The van der Waals surface area contributed by atoms with Crippen LogP contribution >= 0.6 is 0 Å². The highest BCUT2D eigenvalue weighted by Crippen LogP contribution is 1.97. The molecule has 0 spiro atoms. The largest absolute Gasteiger partial charge is 0.431 e. The van der Waals surface area contributed by atoms with Crippen LogP contribution in [0.3, 0.4) is 0 Å². The summed E-state index contributed by atoms with van der Waals surface area (Å²) in [7, 11) is 0. The lowest BCUT2D eigenvalue weighted by Gasteiger charge is -1.96. The van der Waals surface area contributed by atoms with Crippen molar-refractivity contribution < 1.29 is 9.53 Å². The Hall–Kier alpha value is -1.05. The molecular weight excluding hydrogens is 152 g/mol. The van der Waals surface area contributed by atoms with Crippen molar-refractivity contribution in [2.75, 3.05) is 0 Å². The number of hydrogen-bond acceptors (Lipinski definition) is 2. The van der Waals surface area contributed by atoms with Gasteiger partial charge in [0.05, 0.1) is 6.26 Å². The van der Waals surface area contributed by atoms with E-state index in [1.165, 1.54) is 6.26 Å². The highest BCUT2D eigenvalue weighted by Gasteiger charge is 2.00. The van der Waals surface area contributed by atoms with Crippen LogP contribution in [0.15, 0.2) is 24.0 Å². The molecule has 0 saturated heterocycles. The molecule has 0 amide bonds. The summed E-state index contributed by atoms with van der Waals surface area (Å²) < 4.78 is 4.81. The molecule has 0 atom stereocenters. The highest BCUT2D eigenvalue weighted by molar-refractivity contribution is 5.87. The van der Waals surface area contributed by atoms with Crippen molar-refractivity contribution >= 4 is 5.97 Å². The van der Waals surface area contributed by atoms with Crippen molar-refractivity contribution in [2.24, 2.45) is 0 Å². The average Bonchev–Trinajstić information content (AvgIpc) is 2.10. The molecule has 2 nitrogen and oxygen atoms in total. The Morgan fingerprint density at radius 2 is 2.17 bits per heavy atom. The second kappa shape index (κ2) is 6.65. The lowest BCUT2D eigenvalue weighted by atomic mass is 10.3. The predicted molar refractivity (Wildman–Crippen MR) is 49.6 cm³/mol. The molecule has 68 valence electrons. The lowest BCUT2D eigenvalue weighted by molar-refractivity contribution is -0.133. The molecule has 0 heterocycles. The van der Waals surface area contributed by atoms with Crippen LogP contribution in [0, 0.1) is 0 Å². The van der Waals surface area contributed by atoms with Crippen molar-refractivity contribution in [1.82, 2.24) is 0 Å². The van der Waals surface area contributed by atoms with Crippen molar-refractivity contribution in [1.29, 1.82) is 0 Å². The summed E-state index contributed by atoms with van der Waals surface area (Å²) in [6, 6.07) is 0. The van der Waals surface area contributed by atoms with Crippen molar-refractivity contribution in [3.63, 3.8) is 0 Å². The summed E-state index contributed by atoms with van der Waals surface area (Å²) in [6.45, 7) is 5.62. The number of rotatable bonds is 4. The van der Waals surface area contributed by atoms with Gasteiger partial charge in [-0.2, -0.15) is 0 Å². The Morgan fingerprint density at radius 3 is 2.67 bits per heavy atom. The molecular formula is C10H16O2. The van der Waals surface area contributed by atoms with Crippen LogP contribution in [-0.4, -0.2) is 5.97 Å². The minimum Gasteiger partial charge on any atom is -0.431 e. The molecule has 2 heteroatoms. The van der Waals surface area contributed by atoms with Gasteiger partial charge in [-0.3, -0.25) is 0 Å². The Kier molecular flexibility index (Phi) is 6.07. The Morgan fingerprint density at radius 1 is 1.50 bits per heavy atom. The molecule has 0 aliphatic carbocycles. The fraction of sp³-hybridized carbons (Fsp3) is 0.500. The quantitative estimate of drug-likeness (QED) is 0.366. The van der Waals surface area contributed by atoms with Gasteiger partial charge in [0.25, 0.3) is 0 Å². The summed E-state index contributed by atoms with van der Waals surface area (Å²) in [6.07, 6.45) is 7.05. The van der Waals surface area contributed by atoms with Gasteiger partial charge in [-0.15, -0.1) is 0 Å². The molecule has 0 N–H and O–H groups in total. The van der Waals surface area contributed by atoms with Crippen LogP contribution in [0.1, 0.15) is 33.6 Å². The zero-order valence-electron chi connectivity index (χ0n) is 7.96. The molecule has 0 aliphatic rings. The van der Waals surface area contributed by atoms with E-state index < -0.39 is 0 Å². The number of carbonyl (C=O) groups is 1. The minimum atomic E-state index is -0.273. The first-order chi connectivity index (χ1) is 5.72. The lowest BCUT2D eigenvalue weighted by Crippen LogP contribution is -2.00. The number of ether oxygens (including phenoxy) is 1. The van der Waals surface area contributed by atoms with E-state index in [0.717, 1.165) is 12.8 Å². The third kappa shape index (κ3) is 4.72. The molecule has 0 rings (SSSR count). The molecule has 0 saturated carbocycles. The minimum absolute atomic E-state index is 0.273. The van der Waals surface area contributed by atoms with E-state index in [1.54, 1.807) is 13.0 Å². The van der Waals surface area contributed by atoms with Gasteiger partial charge in [-0.1, -0.05) is 19.4 Å². The number of hydrogen-bond donors (Lipinski definition) is 0. The fourth-order valence-corrected chi connectivity index (χ4v) is 0.555. The van der Waals surface area contributed by atoms with E-state index in [2.05, 4.69) is 6.92 Å². The maximum absolute atomic E-state index is 11.0. The first-order valence-electron chi connectivity index (χ1n) is 4.21. The normalized spacial score (nSPS) is 12.1. The Balaban J connectivity index is 3.71. The van der Waals surface area contributed by atoms with Crippen molar-refractivity contribution in [3.8, 4) is 0 Å². The van der Waals surface area contributed by atoms with Gasteiger partial charge < -0.3 is 4.74 Å². The monoisotopic (exact) mass is 168 g/mol. The number of unbranched alkanes of at least 4 members (excludes halogenated alkanes) is 1. The first kappa shape index (κ1) is 11.0. The first-order valence-corrected chi connectivity index (χ1v) is 4.21. The van der Waals surface area contributed by atoms with Crippen LogP contribution in [-0.2, 0) is 9.53 Å². The van der Waals surface area contributed by atoms with E-state index in [4.69, 9.17) is 4.74 Å². The van der Waals surface area contributed by atoms with Gasteiger partial charge in [-0.25, -0.2) is 4.79 Å². The highest BCUT2D eigenvalue weighted by atomic mass is 16.5. The van der Waals surface area contributed by atoms with Crippen LogP contribution in [0.2, 0.25) is 0 Å². The summed E-state index contributed by atoms with van der Waals surface area (Å²) in [5, 5.41) is 0.